The molecule has 4 heterocycles. The molecule has 5 rings (SSSR count). The normalized spacial score (nSPS) is 25.1. The van der Waals surface area contributed by atoms with Crippen LogP contribution in [0.3, 0.4) is 0 Å². The van der Waals surface area contributed by atoms with Gasteiger partial charge < -0.3 is 24.2 Å². The minimum absolute atomic E-state index is 0.114. The lowest BCUT2D eigenvalue weighted by Gasteiger charge is -2.47. The zero-order valence-electron chi connectivity index (χ0n) is 24.4. The lowest BCUT2D eigenvalue weighted by Crippen LogP contribution is -2.64. The molecule has 2 fully saturated rings. The van der Waals surface area contributed by atoms with Crippen LogP contribution in [-0.4, -0.2) is 127 Å². The van der Waals surface area contributed by atoms with Crippen LogP contribution in [0.5, 0.6) is 5.88 Å². The van der Waals surface area contributed by atoms with Gasteiger partial charge in [-0.1, -0.05) is 12.1 Å². The molecule has 0 bridgehead atoms. The summed E-state index contributed by atoms with van der Waals surface area (Å²) in [5.41, 5.74) is 2.36. The SMILES string of the molecule is COC[C@H]1COc2ncc(Cc3ccc(F)cc3)cc2N1C(=O)CN1C[C@@H](C)N(C(=O)O)C[C@@H]1CN1CCOC[C@H]1C. The fourth-order valence-corrected chi connectivity index (χ4v) is 6.10. The van der Waals surface area contributed by atoms with Crippen LogP contribution >= 0.6 is 0 Å². The monoisotopic (exact) mass is 585 g/mol. The number of benzene rings is 1. The van der Waals surface area contributed by atoms with Crippen LogP contribution in [0.15, 0.2) is 36.5 Å². The van der Waals surface area contributed by atoms with Gasteiger partial charge in [-0.2, -0.15) is 0 Å². The number of anilines is 1. The summed E-state index contributed by atoms with van der Waals surface area (Å²) in [4.78, 5) is 38.3. The molecule has 3 aliphatic rings. The highest BCUT2D eigenvalue weighted by atomic mass is 19.1. The van der Waals surface area contributed by atoms with Gasteiger partial charge in [-0.15, -0.1) is 0 Å². The van der Waals surface area contributed by atoms with E-state index < -0.39 is 6.09 Å². The fraction of sp³-hybridized carbons (Fsp3) is 0.567. The number of piperazine rings is 1. The Hall–Kier alpha value is -3.32. The first kappa shape index (κ1) is 30.1. The molecule has 2 saturated heterocycles. The predicted molar refractivity (Wildman–Crippen MR) is 153 cm³/mol. The zero-order chi connectivity index (χ0) is 29.8. The lowest BCUT2D eigenvalue weighted by molar-refractivity contribution is -0.123. The number of amides is 2. The van der Waals surface area contributed by atoms with E-state index in [4.69, 9.17) is 14.2 Å². The van der Waals surface area contributed by atoms with Gasteiger partial charge in [0, 0.05) is 57.6 Å². The number of pyridine rings is 1. The summed E-state index contributed by atoms with van der Waals surface area (Å²) < 4.78 is 30.4. The summed E-state index contributed by atoms with van der Waals surface area (Å²) in [6.07, 6.45) is 1.29. The number of hydrogen-bond donors (Lipinski definition) is 1. The van der Waals surface area contributed by atoms with Gasteiger partial charge in [-0.3, -0.25) is 19.5 Å². The Morgan fingerprint density at radius 2 is 1.86 bits per heavy atom. The number of fused-ring (bicyclic) bond motifs is 1. The smallest absolute Gasteiger partial charge is 0.407 e. The summed E-state index contributed by atoms with van der Waals surface area (Å²) in [5, 5.41) is 9.85. The van der Waals surface area contributed by atoms with Crippen molar-refractivity contribution in [3.63, 3.8) is 0 Å². The quantitative estimate of drug-likeness (QED) is 0.500. The highest BCUT2D eigenvalue weighted by Gasteiger charge is 2.40. The number of methoxy groups -OCH3 is 1. The second kappa shape index (κ2) is 13.3. The van der Waals surface area contributed by atoms with Crippen LogP contribution in [0.4, 0.5) is 14.9 Å². The summed E-state index contributed by atoms with van der Waals surface area (Å²) in [6, 6.07) is 7.65. The molecule has 42 heavy (non-hydrogen) atoms. The van der Waals surface area contributed by atoms with Gasteiger partial charge in [-0.05, 0) is 49.6 Å². The van der Waals surface area contributed by atoms with E-state index in [1.165, 1.54) is 17.0 Å². The van der Waals surface area contributed by atoms with Crippen LogP contribution < -0.4 is 9.64 Å². The van der Waals surface area contributed by atoms with E-state index in [-0.39, 0.29) is 55.7 Å². The number of aromatic nitrogens is 1. The summed E-state index contributed by atoms with van der Waals surface area (Å²) in [5.74, 6) is -0.0468. The van der Waals surface area contributed by atoms with Gasteiger partial charge in [0.05, 0.1) is 32.4 Å². The van der Waals surface area contributed by atoms with Crippen molar-refractivity contribution in [2.75, 3.05) is 71.2 Å². The second-order valence-electron chi connectivity index (χ2n) is 11.4. The van der Waals surface area contributed by atoms with Crippen molar-refractivity contribution in [2.45, 2.75) is 44.4 Å². The first-order valence-corrected chi connectivity index (χ1v) is 14.5. The molecule has 0 unspecified atom stereocenters. The van der Waals surface area contributed by atoms with Gasteiger partial charge in [0.2, 0.25) is 11.8 Å². The number of halogens is 1. The number of hydrogen-bond acceptors (Lipinski definition) is 8. The van der Waals surface area contributed by atoms with Crippen molar-refractivity contribution < 1.29 is 33.3 Å². The molecule has 1 aromatic carbocycles. The third kappa shape index (κ3) is 6.83. The summed E-state index contributed by atoms with van der Waals surface area (Å²) in [6.45, 7) is 8.04. The molecule has 2 amide bonds. The fourth-order valence-electron chi connectivity index (χ4n) is 6.10. The predicted octanol–water partition coefficient (Wildman–Crippen LogP) is 2.33. The molecule has 2 aromatic rings. The van der Waals surface area contributed by atoms with Crippen LogP contribution in [-0.2, 0) is 20.7 Å². The van der Waals surface area contributed by atoms with Crippen molar-refractivity contribution in [1.82, 2.24) is 19.7 Å². The Bertz CT molecular complexity index is 1250. The molecule has 11 nitrogen and oxygen atoms in total. The third-order valence-electron chi connectivity index (χ3n) is 8.36. The molecule has 3 aliphatic heterocycles. The molecular formula is C30H40FN5O6. The van der Waals surface area contributed by atoms with Crippen molar-refractivity contribution in [1.29, 1.82) is 0 Å². The molecule has 4 atom stereocenters. The first-order valence-electron chi connectivity index (χ1n) is 14.5. The highest BCUT2D eigenvalue weighted by molar-refractivity contribution is 5.97. The van der Waals surface area contributed by atoms with Crippen molar-refractivity contribution in [2.24, 2.45) is 0 Å². The largest absolute Gasteiger partial charge is 0.474 e. The second-order valence-corrected chi connectivity index (χ2v) is 11.4. The zero-order valence-corrected chi connectivity index (χ0v) is 24.4. The number of rotatable bonds is 8. The lowest BCUT2D eigenvalue weighted by atomic mass is 10.0. The third-order valence-corrected chi connectivity index (χ3v) is 8.36. The minimum atomic E-state index is -0.949. The maximum Gasteiger partial charge on any atom is 0.407 e. The van der Waals surface area contributed by atoms with E-state index in [9.17, 15) is 19.1 Å². The minimum Gasteiger partial charge on any atom is -0.474 e. The Kier molecular flexibility index (Phi) is 9.57. The number of nitrogens with zero attached hydrogens (tertiary/aromatic N) is 5. The van der Waals surface area contributed by atoms with Crippen molar-refractivity contribution in [3.05, 3.63) is 53.5 Å². The molecule has 1 N–H and O–H groups in total. The van der Waals surface area contributed by atoms with Crippen molar-refractivity contribution in [3.8, 4) is 5.88 Å². The van der Waals surface area contributed by atoms with E-state index in [2.05, 4.69) is 21.7 Å². The average molecular weight is 586 g/mol. The van der Waals surface area contributed by atoms with Crippen LogP contribution in [0.2, 0.25) is 0 Å². The number of ether oxygens (including phenoxy) is 3. The average Bonchev–Trinajstić information content (AvgIpc) is 2.96. The van der Waals surface area contributed by atoms with Gasteiger partial charge in [0.1, 0.15) is 18.1 Å². The molecule has 0 radical (unpaired) electrons. The number of carboxylic acid groups (broad SMARTS) is 1. The summed E-state index contributed by atoms with van der Waals surface area (Å²) >= 11 is 0. The van der Waals surface area contributed by atoms with E-state index in [1.54, 1.807) is 30.3 Å². The molecule has 12 heteroatoms. The van der Waals surface area contributed by atoms with Crippen LogP contribution in [0.25, 0.3) is 0 Å². The van der Waals surface area contributed by atoms with Gasteiger partial charge in [0.15, 0.2) is 0 Å². The van der Waals surface area contributed by atoms with E-state index in [0.29, 0.717) is 50.8 Å². The summed E-state index contributed by atoms with van der Waals surface area (Å²) in [7, 11) is 1.59. The van der Waals surface area contributed by atoms with Gasteiger partial charge in [0.25, 0.3) is 0 Å². The Labute approximate surface area is 245 Å². The highest BCUT2D eigenvalue weighted by Crippen LogP contribution is 2.34. The Balaban J connectivity index is 1.39. The maximum absolute atomic E-state index is 14.2. The number of morpholine rings is 1. The standard InChI is InChI=1S/C30H40FN5O6/c1-20-13-34(25(15-35(20)30(38)39)14-33-8-9-41-17-21(33)2)16-28(37)36-26(18-40-3)19-42-29-27(36)11-23(12-32-29)10-22-4-6-24(31)7-5-22/h4-7,11-12,20-21,25-26H,8-10,13-19H2,1-3H3,(H,38,39)/t20-,21-,25+,26+/m1/s1. The Morgan fingerprint density at radius 3 is 2.57 bits per heavy atom. The van der Waals surface area contributed by atoms with E-state index in [1.807, 2.05) is 13.0 Å². The molecule has 1 aromatic heterocycles. The molecule has 0 saturated carbocycles. The topological polar surface area (TPSA) is 108 Å². The van der Waals surface area contributed by atoms with Gasteiger partial charge >= 0.3 is 6.09 Å². The molecule has 0 aliphatic carbocycles. The first-order chi connectivity index (χ1) is 20.2. The van der Waals surface area contributed by atoms with E-state index >= 15 is 0 Å². The molecule has 0 spiro atoms. The van der Waals surface area contributed by atoms with Crippen LogP contribution in [0.1, 0.15) is 25.0 Å². The number of carbonyl (C=O) groups excluding carboxylic acids is 1. The Morgan fingerprint density at radius 1 is 1.07 bits per heavy atom. The number of carbonyl (C=O) groups is 2. The van der Waals surface area contributed by atoms with Gasteiger partial charge in [-0.25, -0.2) is 14.2 Å². The molecule has 228 valence electrons. The van der Waals surface area contributed by atoms with Crippen molar-refractivity contribution >= 4 is 17.7 Å². The molecular weight excluding hydrogens is 545 g/mol. The van der Waals surface area contributed by atoms with E-state index in [0.717, 1.165) is 17.7 Å². The maximum atomic E-state index is 14.2. The van der Waals surface area contributed by atoms with Crippen LogP contribution in [0, 0.1) is 5.82 Å².